The Kier molecular flexibility index (Phi) is 7.38. The lowest BCUT2D eigenvalue weighted by molar-refractivity contribution is -0.123. The lowest BCUT2D eigenvalue weighted by Crippen LogP contribution is -2.34. The van der Waals surface area contributed by atoms with Crippen molar-refractivity contribution in [1.82, 2.24) is 5.32 Å². The molecule has 1 aliphatic rings. The Hall–Kier alpha value is -3.74. The number of methoxy groups -OCH3 is 2. The molecule has 2 amide bonds. The number of ether oxygens (including phenoxy) is 2. The van der Waals surface area contributed by atoms with Gasteiger partial charge in [-0.2, -0.15) is 0 Å². The van der Waals surface area contributed by atoms with Crippen molar-refractivity contribution >= 4 is 17.5 Å². The van der Waals surface area contributed by atoms with Crippen LogP contribution in [0.4, 0.5) is 5.69 Å². The average Bonchev–Trinajstić information content (AvgIpc) is 3.57. The maximum atomic E-state index is 13.0. The standard InChI is InChI=1S/C29H34N2O5/c1-6-19-15-23(34-4)17-25(35-5)26(19)31-27(32)24-11-10-22(36-24)16-20-14-21(9-8-18(20)3)29(12-13-29)28(33)30-7-2/h8-11,14-15,17H,6-7,12-13,16H2,1-5H3,(H,30,33)(H,31,32). The number of nitrogens with one attached hydrogen (secondary N) is 2. The fourth-order valence-electron chi connectivity index (χ4n) is 4.56. The molecule has 0 unspecified atom stereocenters. The Bertz CT molecular complexity index is 1250. The van der Waals surface area contributed by atoms with Crippen LogP contribution >= 0.6 is 0 Å². The van der Waals surface area contributed by atoms with Crippen LogP contribution in [-0.4, -0.2) is 32.6 Å². The largest absolute Gasteiger partial charge is 0.497 e. The second-order valence-corrected chi connectivity index (χ2v) is 9.20. The zero-order chi connectivity index (χ0) is 25.9. The third-order valence-electron chi connectivity index (χ3n) is 6.91. The Labute approximate surface area is 212 Å². The predicted octanol–water partition coefficient (Wildman–Crippen LogP) is 5.18. The number of benzene rings is 2. The molecule has 0 aliphatic heterocycles. The van der Waals surface area contributed by atoms with Gasteiger partial charge < -0.3 is 24.5 Å². The summed E-state index contributed by atoms with van der Waals surface area (Å²) in [5, 5.41) is 5.91. The number of amides is 2. The fourth-order valence-corrected chi connectivity index (χ4v) is 4.56. The van der Waals surface area contributed by atoms with E-state index in [0.717, 1.165) is 35.1 Å². The van der Waals surface area contributed by atoms with Gasteiger partial charge in [-0.25, -0.2) is 0 Å². The van der Waals surface area contributed by atoms with Gasteiger partial charge in [0.1, 0.15) is 17.3 Å². The monoisotopic (exact) mass is 490 g/mol. The molecule has 2 N–H and O–H groups in total. The van der Waals surface area contributed by atoms with Crippen LogP contribution in [0.15, 0.2) is 46.9 Å². The van der Waals surface area contributed by atoms with Crippen LogP contribution in [0.1, 0.15) is 65.3 Å². The van der Waals surface area contributed by atoms with Crippen LogP contribution in [0.3, 0.4) is 0 Å². The number of anilines is 1. The molecule has 0 radical (unpaired) electrons. The number of hydrogen-bond donors (Lipinski definition) is 2. The van der Waals surface area contributed by atoms with Gasteiger partial charge in [-0.3, -0.25) is 9.59 Å². The molecule has 190 valence electrons. The fraction of sp³-hybridized carbons (Fsp3) is 0.379. The second-order valence-electron chi connectivity index (χ2n) is 9.20. The number of rotatable bonds is 10. The van der Waals surface area contributed by atoms with E-state index in [4.69, 9.17) is 13.9 Å². The first-order valence-corrected chi connectivity index (χ1v) is 12.4. The van der Waals surface area contributed by atoms with Gasteiger partial charge in [0.05, 0.1) is 25.3 Å². The summed E-state index contributed by atoms with van der Waals surface area (Å²) in [6, 6.07) is 13.3. The first-order chi connectivity index (χ1) is 17.3. The van der Waals surface area contributed by atoms with Crippen molar-refractivity contribution in [2.24, 2.45) is 0 Å². The molecule has 0 atom stereocenters. The Morgan fingerprint density at radius 3 is 2.42 bits per heavy atom. The van der Waals surface area contributed by atoms with E-state index in [-0.39, 0.29) is 17.6 Å². The quantitative estimate of drug-likeness (QED) is 0.409. The summed E-state index contributed by atoms with van der Waals surface area (Å²) in [4.78, 5) is 25.7. The van der Waals surface area contributed by atoms with Gasteiger partial charge in [0.25, 0.3) is 5.91 Å². The van der Waals surface area contributed by atoms with E-state index in [0.29, 0.717) is 42.3 Å². The van der Waals surface area contributed by atoms with Gasteiger partial charge >= 0.3 is 0 Å². The van der Waals surface area contributed by atoms with Crippen molar-refractivity contribution in [2.75, 3.05) is 26.1 Å². The van der Waals surface area contributed by atoms with Gasteiger partial charge in [0.2, 0.25) is 5.91 Å². The first kappa shape index (κ1) is 25.4. The van der Waals surface area contributed by atoms with Crippen LogP contribution in [0.2, 0.25) is 0 Å². The molecular weight excluding hydrogens is 456 g/mol. The summed E-state index contributed by atoms with van der Waals surface area (Å²) in [7, 11) is 3.15. The van der Waals surface area contributed by atoms with Crippen molar-refractivity contribution in [2.45, 2.75) is 51.9 Å². The van der Waals surface area contributed by atoms with Crippen molar-refractivity contribution < 1.29 is 23.5 Å². The first-order valence-electron chi connectivity index (χ1n) is 12.4. The van der Waals surface area contributed by atoms with Gasteiger partial charge in [-0.05, 0) is 73.6 Å². The van der Waals surface area contributed by atoms with Crippen molar-refractivity contribution in [3.63, 3.8) is 0 Å². The van der Waals surface area contributed by atoms with Crippen molar-refractivity contribution in [3.05, 3.63) is 76.2 Å². The number of carbonyl (C=O) groups excluding carboxylic acids is 2. The second kappa shape index (κ2) is 10.5. The number of likely N-dealkylation sites (N-methyl/N-ethyl adjacent to an activating group) is 1. The maximum Gasteiger partial charge on any atom is 0.291 e. The Morgan fingerprint density at radius 2 is 1.78 bits per heavy atom. The predicted molar refractivity (Wildman–Crippen MR) is 139 cm³/mol. The molecule has 1 fully saturated rings. The van der Waals surface area contributed by atoms with Crippen LogP contribution in [0.5, 0.6) is 11.5 Å². The Balaban J connectivity index is 1.53. The van der Waals surface area contributed by atoms with E-state index < -0.39 is 5.41 Å². The van der Waals surface area contributed by atoms with Crippen LogP contribution in [0.25, 0.3) is 0 Å². The molecule has 7 nitrogen and oxygen atoms in total. The van der Waals surface area contributed by atoms with Crippen LogP contribution in [-0.2, 0) is 23.1 Å². The molecule has 0 bridgehead atoms. The van der Waals surface area contributed by atoms with E-state index in [1.165, 1.54) is 0 Å². The van der Waals surface area contributed by atoms with E-state index in [1.807, 2.05) is 32.9 Å². The van der Waals surface area contributed by atoms with Gasteiger partial charge in [0, 0.05) is 19.0 Å². The summed E-state index contributed by atoms with van der Waals surface area (Å²) in [6.07, 6.45) is 2.95. The van der Waals surface area contributed by atoms with Gasteiger partial charge in [0.15, 0.2) is 5.76 Å². The molecule has 0 saturated heterocycles. The van der Waals surface area contributed by atoms with Crippen molar-refractivity contribution in [1.29, 1.82) is 0 Å². The minimum atomic E-state index is -0.416. The maximum absolute atomic E-state index is 13.0. The normalized spacial score (nSPS) is 13.7. The van der Waals surface area contributed by atoms with E-state index in [1.54, 1.807) is 26.4 Å². The molecule has 7 heteroatoms. The lowest BCUT2D eigenvalue weighted by atomic mass is 9.90. The number of aryl methyl sites for hydroxylation is 2. The van der Waals surface area contributed by atoms with Gasteiger partial charge in [-0.1, -0.05) is 25.1 Å². The molecule has 0 spiro atoms. The molecule has 1 aromatic heterocycles. The SMILES string of the molecule is CCNC(=O)C1(c2ccc(C)c(Cc3ccc(C(=O)Nc4c(CC)cc(OC)cc4OC)o3)c2)CC1. The highest BCUT2D eigenvalue weighted by Crippen LogP contribution is 2.49. The molecule has 2 aromatic carbocycles. The zero-order valence-electron chi connectivity index (χ0n) is 21.6. The van der Waals surface area contributed by atoms with Gasteiger partial charge in [-0.15, -0.1) is 0 Å². The minimum absolute atomic E-state index is 0.0946. The number of carbonyl (C=O) groups is 2. The lowest BCUT2D eigenvalue weighted by Gasteiger charge is -2.17. The molecule has 1 heterocycles. The minimum Gasteiger partial charge on any atom is -0.497 e. The summed E-state index contributed by atoms with van der Waals surface area (Å²) in [5.74, 6) is 1.84. The smallest absolute Gasteiger partial charge is 0.291 e. The highest BCUT2D eigenvalue weighted by atomic mass is 16.5. The zero-order valence-corrected chi connectivity index (χ0v) is 21.6. The highest BCUT2D eigenvalue weighted by Gasteiger charge is 2.51. The van der Waals surface area contributed by atoms with Crippen LogP contribution in [0, 0.1) is 6.92 Å². The number of furan rings is 1. The molecule has 1 aliphatic carbocycles. The summed E-state index contributed by atoms with van der Waals surface area (Å²) >= 11 is 0. The molecule has 3 aromatic rings. The summed E-state index contributed by atoms with van der Waals surface area (Å²) in [6.45, 7) is 6.61. The third-order valence-corrected chi connectivity index (χ3v) is 6.91. The van der Waals surface area contributed by atoms with E-state index >= 15 is 0 Å². The molecule has 4 rings (SSSR count). The number of hydrogen-bond acceptors (Lipinski definition) is 5. The highest BCUT2D eigenvalue weighted by molar-refractivity contribution is 6.03. The average molecular weight is 491 g/mol. The topological polar surface area (TPSA) is 89.8 Å². The third kappa shape index (κ3) is 4.96. The van der Waals surface area contributed by atoms with Crippen molar-refractivity contribution in [3.8, 4) is 11.5 Å². The summed E-state index contributed by atoms with van der Waals surface area (Å²) in [5.41, 5.74) is 4.32. The van der Waals surface area contributed by atoms with Crippen LogP contribution < -0.4 is 20.1 Å². The molecular formula is C29H34N2O5. The summed E-state index contributed by atoms with van der Waals surface area (Å²) < 4.78 is 16.8. The van der Waals surface area contributed by atoms with E-state index in [9.17, 15) is 9.59 Å². The Morgan fingerprint density at radius 1 is 1.00 bits per heavy atom. The molecule has 1 saturated carbocycles. The van der Waals surface area contributed by atoms with E-state index in [2.05, 4.69) is 28.8 Å². The molecule has 36 heavy (non-hydrogen) atoms.